The summed E-state index contributed by atoms with van der Waals surface area (Å²) in [5, 5.41) is 3.06. The summed E-state index contributed by atoms with van der Waals surface area (Å²) in [6.07, 6.45) is 3.58. The van der Waals surface area contributed by atoms with Crippen molar-refractivity contribution in [1.29, 1.82) is 0 Å². The number of rotatable bonds is 6. The quantitative estimate of drug-likeness (QED) is 0.764. The Morgan fingerprint density at radius 1 is 1.03 bits per heavy atom. The lowest BCUT2D eigenvalue weighted by molar-refractivity contribution is 0.0935. The second-order valence-corrected chi connectivity index (χ2v) is 9.71. The molecule has 1 N–H and O–H groups in total. The maximum absolute atomic E-state index is 12.9. The standard InChI is InChI=1S/C23H30N2O3S/c1-4-22(19-12-11-17(2)18(3)15-19)24-23(26)20-9-8-10-21(16-20)29(27,28)25-13-6-5-7-14-25/h8-12,15-16,22H,4-7,13-14H2,1-3H3,(H,24,26). The van der Waals surface area contributed by atoms with Gasteiger partial charge in [-0.05, 0) is 68.0 Å². The summed E-state index contributed by atoms with van der Waals surface area (Å²) in [6, 6.07) is 12.4. The van der Waals surface area contributed by atoms with Crippen LogP contribution in [0, 0.1) is 13.8 Å². The number of hydrogen-bond donors (Lipinski definition) is 1. The number of hydrogen-bond acceptors (Lipinski definition) is 3. The fraction of sp³-hybridized carbons (Fsp3) is 0.435. The van der Waals surface area contributed by atoms with E-state index in [9.17, 15) is 13.2 Å². The largest absolute Gasteiger partial charge is 0.345 e. The van der Waals surface area contributed by atoms with Gasteiger partial charge in [-0.2, -0.15) is 4.31 Å². The molecule has 1 aliphatic heterocycles. The van der Waals surface area contributed by atoms with Crippen molar-refractivity contribution in [1.82, 2.24) is 9.62 Å². The van der Waals surface area contributed by atoms with E-state index in [1.54, 1.807) is 18.2 Å². The van der Waals surface area contributed by atoms with Crippen molar-refractivity contribution in [3.63, 3.8) is 0 Å². The normalized spacial score (nSPS) is 16.4. The Morgan fingerprint density at radius 3 is 2.41 bits per heavy atom. The molecule has 5 nitrogen and oxygen atoms in total. The minimum Gasteiger partial charge on any atom is -0.345 e. The molecule has 156 valence electrons. The van der Waals surface area contributed by atoms with Gasteiger partial charge in [0, 0.05) is 18.7 Å². The number of nitrogens with one attached hydrogen (secondary N) is 1. The van der Waals surface area contributed by atoms with Crippen LogP contribution in [0.3, 0.4) is 0 Å². The Hall–Kier alpha value is -2.18. The van der Waals surface area contributed by atoms with Crippen molar-refractivity contribution in [2.75, 3.05) is 13.1 Å². The summed E-state index contributed by atoms with van der Waals surface area (Å²) < 4.78 is 27.4. The van der Waals surface area contributed by atoms with Crippen molar-refractivity contribution < 1.29 is 13.2 Å². The van der Waals surface area contributed by atoms with Gasteiger partial charge in [-0.25, -0.2) is 8.42 Å². The predicted molar refractivity (Wildman–Crippen MR) is 115 cm³/mol. The first-order valence-electron chi connectivity index (χ1n) is 10.3. The molecule has 6 heteroatoms. The lowest BCUT2D eigenvalue weighted by Crippen LogP contribution is -2.35. The van der Waals surface area contributed by atoms with Crippen LogP contribution < -0.4 is 5.32 Å². The van der Waals surface area contributed by atoms with E-state index in [-0.39, 0.29) is 16.8 Å². The van der Waals surface area contributed by atoms with Gasteiger partial charge in [-0.1, -0.05) is 37.6 Å². The fourth-order valence-electron chi connectivity index (χ4n) is 3.70. The molecule has 2 aromatic rings. The number of carbonyl (C=O) groups is 1. The van der Waals surface area contributed by atoms with E-state index >= 15 is 0 Å². The molecular formula is C23H30N2O3S. The third kappa shape index (κ3) is 4.87. The molecule has 1 saturated heterocycles. The molecule has 0 aromatic heterocycles. The van der Waals surface area contributed by atoms with Gasteiger partial charge in [-0.3, -0.25) is 4.79 Å². The first-order chi connectivity index (χ1) is 13.8. The average Bonchev–Trinajstić information content (AvgIpc) is 2.74. The Kier molecular flexibility index (Phi) is 6.75. The van der Waals surface area contributed by atoms with Gasteiger partial charge in [0.15, 0.2) is 0 Å². The van der Waals surface area contributed by atoms with E-state index in [1.807, 2.05) is 13.0 Å². The first kappa shape index (κ1) is 21.5. The molecular weight excluding hydrogens is 384 g/mol. The highest BCUT2D eigenvalue weighted by Crippen LogP contribution is 2.23. The summed E-state index contributed by atoms with van der Waals surface area (Å²) >= 11 is 0. The zero-order valence-electron chi connectivity index (χ0n) is 17.4. The number of benzene rings is 2. The molecule has 1 heterocycles. The second kappa shape index (κ2) is 9.09. The van der Waals surface area contributed by atoms with Gasteiger partial charge in [0.05, 0.1) is 10.9 Å². The number of nitrogens with zero attached hydrogens (tertiary/aromatic N) is 1. The third-order valence-electron chi connectivity index (χ3n) is 5.70. The summed E-state index contributed by atoms with van der Waals surface area (Å²) in [5.41, 5.74) is 3.82. The van der Waals surface area contributed by atoms with Crippen molar-refractivity contribution in [3.05, 3.63) is 64.7 Å². The van der Waals surface area contributed by atoms with Crippen molar-refractivity contribution in [3.8, 4) is 0 Å². The summed E-state index contributed by atoms with van der Waals surface area (Å²) in [6.45, 7) is 7.24. The fourth-order valence-corrected chi connectivity index (χ4v) is 5.26. The van der Waals surface area contributed by atoms with E-state index in [0.717, 1.165) is 31.2 Å². The predicted octanol–water partition coefficient (Wildman–Crippen LogP) is 4.36. The van der Waals surface area contributed by atoms with Crippen molar-refractivity contribution >= 4 is 15.9 Å². The Morgan fingerprint density at radius 2 is 1.76 bits per heavy atom. The summed E-state index contributed by atoms with van der Waals surface area (Å²) in [4.78, 5) is 13.1. The van der Waals surface area contributed by atoms with Crippen LogP contribution in [0.4, 0.5) is 0 Å². The molecule has 2 aromatic carbocycles. The highest BCUT2D eigenvalue weighted by molar-refractivity contribution is 7.89. The average molecular weight is 415 g/mol. The van der Waals surface area contributed by atoms with E-state index in [0.29, 0.717) is 18.7 Å². The molecule has 0 bridgehead atoms. The number of amides is 1. The van der Waals surface area contributed by atoms with E-state index < -0.39 is 10.0 Å². The lowest BCUT2D eigenvalue weighted by Gasteiger charge is -2.26. The Bertz CT molecular complexity index is 979. The summed E-state index contributed by atoms with van der Waals surface area (Å²) in [7, 11) is -3.56. The SMILES string of the molecule is CCC(NC(=O)c1cccc(S(=O)(=O)N2CCCCC2)c1)c1ccc(C)c(C)c1. The van der Waals surface area contributed by atoms with Crippen LogP contribution in [0.2, 0.25) is 0 Å². The van der Waals surface area contributed by atoms with E-state index in [2.05, 4.69) is 31.3 Å². The first-order valence-corrected chi connectivity index (χ1v) is 11.7. The third-order valence-corrected chi connectivity index (χ3v) is 7.59. The molecule has 0 radical (unpaired) electrons. The highest BCUT2D eigenvalue weighted by atomic mass is 32.2. The van der Waals surface area contributed by atoms with Gasteiger partial charge in [0.25, 0.3) is 5.91 Å². The molecule has 1 fully saturated rings. The zero-order chi connectivity index (χ0) is 21.0. The zero-order valence-corrected chi connectivity index (χ0v) is 18.3. The topological polar surface area (TPSA) is 66.5 Å². The molecule has 1 atom stereocenters. The van der Waals surface area contributed by atoms with Gasteiger partial charge in [-0.15, -0.1) is 0 Å². The molecule has 3 rings (SSSR count). The molecule has 1 amide bonds. The van der Waals surface area contributed by atoms with Gasteiger partial charge in [0.1, 0.15) is 0 Å². The van der Waals surface area contributed by atoms with Crippen LogP contribution in [-0.2, 0) is 10.0 Å². The Balaban J connectivity index is 1.80. The van der Waals surface area contributed by atoms with Crippen LogP contribution in [0.15, 0.2) is 47.4 Å². The van der Waals surface area contributed by atoms with Crippen LogP contribution in [-0.4, -0.2) is 31.7 Å². The molecule has 0 aliphatic carbocycles. The van der Waals surface area contributed by atoms with Crippen LogP contribution in [0.5, 0.6) is 0 Å². The highest BCUT2D eigenvalue weighted by Gasteiger charge is 2.26. The van der Waals surface area contributed by atoms with Gasteiger partial charge in [0.2, 0.25) is 10.0 Å². The van der Waals surface area contributed by atoms with E-state index in [4.69, 9.17) is 0 Å². The van der Waals surface area contributed by atoms with Gasteiger partial charge >= 0.3 is 0 Å². The van der Waals surface area contributed by atoms with Crippen molar-refractivity contribution in [2.45, 2.75) is 57.4 Å². The molecule has 1 aliphatic rings. The van der Waals surface area contributed by atoms with Crippen LogP contribution in [0.1, 0.15) is 65.7 Å². The maximum Gasteiger partial charge on any atom is 0.251 e. The molecule has 1 unspecified atom stereocenters. The molecule has 0 spiro atoms. The lowest BCUT2D eigenvalue weighted by atomic mass is 9.99. The van der Waals surface area contributed by atoms with Crippen LogP contribution in [0.25, 0.3) is 0 Å². The number of piperidine rings is 1. The smallest absolute Gasteiger partial charge is 0.251 e. The number of aryl methyl sites for hydroxylation is 2. The van der Waals surface area contributed by atoms with Crippen molar-refractivity contribution in [2.24, 2.45) is 0 Å². The number of sulfonamides is 1. The summed E-state index contributed by atoms with van der Waals surface area (Å²) in [5.74, 6) is -0.259. The number of carbonyl (C=O) groups excluding carboxylic acids is 1. The Labute approximate surface area is 174 Å². The molecule has 29 heavy (non-hydrogen) atoms. The maximum atomic E-state index is 12.9. The molecule has 0 saturated carbocycles. The monoisotopic (exact) mass is 414 g/mol. The van der Waals surface area contributed by atoms with E-state index in [1.165, 1.54) is 21.5 Å². The second-order valence-electron chi connectivity index (χ2n) is 7.77. The van der Waals surface area contributed by atoms with Crippen LogP contribution >= 0.6 is 0 Å². The minimum absolute atomic E-state index is 0.121. The van der Waals surface area contributed by atoms with Gasteiger partial charge < -0.3 is 5.32 Å². The minimum atomic E-state index is -3.56.